The summed E-state index contributed by atoms with van der Waals surface area (Å²) in [5.74, 6) is 1.46. The van der Waals surface area contributed by atoms with Gasteiger partial charge in [0.2, 0.25) is 0 Å². The Hall–Kier alpha value is -3.49. The van der Waals surface area contributed by atoms with Crippen molar-refractivity contribution in [1.82, 2.24) is 15.0 Å². The zero-order valence-corrected chi connectivity index (χ0v) is 19.6. The monoisotopic (exact) mass is 480 g/mol. The Kier molecular flexibility index (Phi) is 7.16. The summed E-state index contributed by atoms with van der Waals surface area (Å²) < 4.78 is 10.7. The van der Waals surface area contributed by atoms with Gasteiger partial charge in [0.15, 0.2) is 5.13 Å². The van der Waals surface area contributed by atoms with Crippen molar-refractivity contribution >= 4 is 39.9 Å². The van der Waals surface area contributed by atoms with E-state index in [0.29, 0.717) is 33.3 Å². The van der Waals surface area contributed by atoms with Crippen LogP contribution in [0.3, 0.4) is 0 Å². The quantitative estimate of drug-likeness (QED) is 0.240. The number of halogens is 1. The maximum atomic E-state index is 12.6. The predicted octanol–water partition coefficient (Wildman–Crippen LogP) is 5.60. The number of benzene rings is 2. The van der Waals surface area contributed by atoms with Gasteiger partial charge in [-0.1, -0.05) is 65.4 Å². The van der Waals surface area contributed by atoms with Crippen molar-refractivity contribution in [2.24, 2.45) is 0 Å². The molecular formula is C24H21ClN4O3S. The minimum Gasteiger partial charge on any atom is -0.497 e. The highest BCUT2D eigenvalue weighted by Gasteiger charge is 2.20. The second-order valence-corrected chi connectivity index (χ2v) is 8.50. The molecule has 0 amide bonds. The molecule has 2 aromatic carbocycles. The average molecular weight is 481 g/mol. The number of hydrogen-bond donors (Lipinski definition) is 0. The van der Waals surface area contributed by atoms with E-state index in [4.69, 9.17) is 21.1 Å². The topological polar surface area (TPSA) is 77.4 Å². The fraction of sp³-hybridized carbons (Fsp3) is 0.167. The van der Waals surface area contributed by atoms with Crippen LogP contribution in [-0.2, 0) is 17.9 Å². The van der Waals surface area contributed by atoms with E-state index in [2.05, 4.69) is 15.0 Å². The van der Waals surface area contributed by atoms with E-state index < -0.39 is 5.97 Å². The normalized spacial score (nSPS) is 10.6. The van der Waals surface area contributed by atoms with E-state index in [1.54, 1.807) is 20.1 Å². The van der Waals surface area contributed by atoms with Crippen molar-refractivity contribution in [3.8, 4) is 5.75 Å². The summed E-state index contributed by atoms with van der Waals surface area (Å²) in [5.41, 5.74) is 1.93. The molecule has 0 spiro atoms. The summed E-state index contributed by atoms with van der Waals surface area (Å²) in [7, 11) is 1.63. The molecule has 2 heterocycles. The molecule has 0 bridgehead atoms. The van der Waals surface area contributed by atoms with Gasteiger partial charge in [-0.2, -0.15) is 0 Å². The van der Waals surface area contributed by atoms with Crippen LogP contribution in [-0.4, -0.2) is 28.0 Å². The molecule has 0 fully saturated rings. The number of aryl methyl sites for hydroxylation is 1. The lowest BCUT2D eigenvalue weighted by atomic mass is 10.2. The number of nitrogens with zero attached hydrogens (tertiary/aromatic N) is 4. The van der Waals surface area contributed by atoms with Crippen molar-refractivity contribution in [3.05, 3.63) is 93.8 Å². The fourth-order valence-corrected chi connectivity index (χ4v) is 4.13. The van der Waals surface area contributed by atoms with Crippen LogP contribution in [0.5, 0.6) is 5.75 Å². The zero-order valence-electron chi connectivity index (χ0n) is 18.1. The van der Waals surface area contributed by atoms with Crippen LogP contribution in [0.4, 0.5) is 10.9 Å². The molecule has 0 aliphatic heterocycles. The number of carbonyl (C=O) groups excluding carboxylic acids is 1. The summed E-state index contributed by atoms with van der Waals surface area (Å²) in [6.45, 7) is 2.43. The molecule has 0 saturated heterocycles. The Bertz CT molecular complexity index is 1210. The zero-order chi connectivity index (χ0) is 23.2. The van der Waals surface area contributed by atoms with Crippen LogP contribution in [0.1, 0.15) is 26.6 Å². The molecule has 2 aromatic heterocycles. The molecule has 0 aliphatic rings. The molecule has 4 aromatic rings. The number of methoxy groups -OCH3 is 1. The number of rotatable bonds is 8. The van der Waals surface area contributed by atoms with Gasteiger partial charge in [-0.05, 0) is 30.2 Å². The molecule has 4 rings (SSSR count). The van der Waals surface area contributed by atoms with Gasteiger partial charge in [0.25, 0.3) is 0 Å². The molecule has 168 valence electrons. The van der Waals surface area contributed by atoms with E-state index >= 15 is 0 Å². The van der Waals surface area contributed by atoms with Gasteiger partial charge in [0, 0.05) is 6.07 Å². The number of aromatic nitrogens is 3. The highest BCUT2D eigenvalue weighted by atomic mass is 35.5. The summed E-state index contributed by atoms with van der Waals surface area (Å²) in [4.78, 5) is 28.0. The lowest BCUT2D eigenvalue weighted by molar-refractivity contribution is 0.0478. The number of carbonyl (C=O) groups is 1. The summed E-state index contributed by atoms with van der Waals surface area (Å²) in [5, 5.41) is 0.919. The second kappa shape index (κ2) is 10.4. The van der Waals surface area contributed by atoms with Crippen LogP contribution < -0.4 is 9.64 Å². The van der Waals surface area contributed by atoms with E-state index in [-0.39, 0.29) is 6.61 Å². The van der Waals surface area contributed by atoms with Crippen LogP contribution in [0, 0.1) is 6.92 Å². The Balaban J connectivity index is 1.58. The number of esters is 1. The van der Waals surface area contributed by atoms with Gasteiger partial charge in [-0.15, -0.1) is 0 Å². The molecule has 7 nitrogen and oxygen atoms in total. The van der Waals surface area contributed by atoms with Gasteiger partial charge in [0.1, 0.15) is 34.0 Å². The first-order valence-electron chi connectivity index (χ1n) is 10.1. The van der Waals surface area contributed by atoms with Crippen LogP contribution in [0.2, 0.25) is 5.15 Å². The standard InChI is InChI=1S/C24H21ClN4O3S/c1-16-27-21(25)12-22(28-16)29(14-17-8-10-19(31-2)11-9-17)24-26-13-20(33-24)23(30)32-15-18-6-4-3-5-7-18/h3-13H,14-15H2,1-2H3. The first-order chi connectivity index (χ1) is 16.0. The Morgan fingerprint density at radius 1 is 1.06 bits per heavy atom. The van der Waals surface area contributed by atoms with E-state index in [9.17, 15) is 4.79 Å². The maximum Gasteiger partial charge on any atom is 0.350 e. The lowest BCUT2D eigenvalue weighted by Crippen LogP contribution is -2.18. The summed E-state index contributed by atoms with van der Waals surface area (Å²) >= 11 is 7.42. The van der Waals surface area contributed by atoms with Crippen LogP contribution in [0.15, 0.2) is 66.9 Å². The second-order valence-electron chi connectivity index (χ2n) is 7.10. The molecule has 0 unspecified atom stereocenters. The maximum absolute atomic E-state index is 12.6. The van der Waals surface area contributed by atoms with Crippen molar-refractivity contribution in [2.45, 2.75) is 20.1 Å². The van der Waals surface area contributed by atoms with Gasteiger partial charge in [0.05, 0.1) is 19.9 Å². The van der Waals surface area contributed by atoms with Crippen LogP contribution >= 0.6 is 22.9 Å². The average Bonchev–Trinajstić information content (AvgIpc) is 3.31. The van der Waals surface area contributed by atoms with Crippen molar-refractivity contribution < 1.29 is 14.3 Å². The van der Waals surface area contributed by atoms with Gasteiger partial charge in [-0.25, -0.2) is 19.7 Å². The molecular weight excluding hydrogens is 460 g/mol. The molecule has 0 atom stereocenters. The third-order valence-corrected chi connectivity index (χ3v) is 5.90. The third-order valence-electron chi connectivity index (χ3n) is 4.71. The van der Waals surface area contributed by atoms with Gasteiger partial charge < -0.3 is 9.47 Å². The lowest BCUT2D eigenvalue weighted by Gasteiger charge is -2.21. The number of ether oxygens (including phenoxy) is 2. The van der Waals surface area contributed by atoms with Gasteiger partial charge >= 0.3 is 5.97 Å². The Morgan fingerprint density at radius 3 is 2.52 bits per heavy atom. The first-order valence-corrected chi connectivity index (χ1v) is 11.3. The SMILES string of the molecule is COc1ccc(CN(c2cc(Cl)nc(C)n2)c2ncc(C(=O)OCc3ccccc3)s2)cc1. The van der Waals surface area contributed by atoms with E-state index in [1.165, 1.54) is 17.5 Å². The molecule has 0 radical (unpaired) electrons. The molecule has 9 heteroatoms. The molecule has 0 saturated carbocycles. The smallest absolute Gasteiger partial charge is 0.350 e. The van der Waals surface area contributed by atoms with Crippen molar-refractivity contribution in [1.29, 1.82) is 0 Å². The minimum atomic E-state index is -0.427. The minimum absolute atomic E-state index is 0.198. The Labute approximate surface area is 200 Å². The summed E-state index contributed by atoms with van der Waals surface area (Å²) in [6.07, 6.45) is 1.52. The predicted molar refractivity (Wildman–Crippen MR) is 128 cm³/mol. The highest BCUT2D eigenvalue weighted by Crippen LogP contribution is 2.32. The number of anilines is 2. The van der Waals surface area contributed by atoms with E-state index in [0.717, 1.165) is 16.9 Å². The first kappa shape index (κ1) is 22.7. The largest absolute Gasteiger partial charge is 0.497 e. The highest BCUT2D eigenvalue weighted by molar-refractivity contribution is 7.17. The number of thiazole rings is 1. The van der Waals surface area contributed by atoms with E-state index in [1.807, 2.05) is 59.5 Å². The fourth-order valence-electron chi connectivity index (χ4n) is 3.09. The Morgan fingerprint density at radius 2 is 1.82 bits per heavy atom. The molecule has 0 aliphatic carbocycles. The molecule has 0 N–H and O–H groups in total. The van der Waals surface area contributed by atoms with Crippen molar-refractivity contribution in [3.63, 3.8) is 0 Å². The number of hydrogen-bond acceptors (Lipinski definition) is 8. The van der Waals surface area contributed by atoms with Gasteiger partial charge in [-0.3, -0.25) is 4.90 Å². The third kappa shape index (κ3) is 5.85. The van der Waals surface area contributed by atoms with Crippen molar-refractivity contribution in [2.75, 3.05) is 12.0 Å². The summed E-state index contributed by atoms with van der Waals surface area (Å²) in [6, 6.07) is 18.9. The van der Waals surface area contributed by atoms with Crippen LogP contribution in [0.25, 0.3) is 0 Å². The molecule has 33 heavy (non-hydrogen) atoms.